The molecule has 0 saturated carbocycles. The first-order valence-electron chi connectivity index (χ1n) is 5.67. The van der Waals surface area contributed by atoms with Crippen molar-refractivity contribution in [2.45, 2.75) is 12.3 Å². The van der Waals surface area contributed by atoms with Crippen molar-refractivity contribution in [2.75, 3.05) is 7.11 Å². The quantitative estimate of drug-likeness (QED) is 0.889. The molecular formula is C14H13FO4. The largest absolute Gasteiger partial charge is 0.496 e. The standard InChI is InChI=1S/C14H13FO4/c1-19-10-7-6-8-4-2-3-5-9(8)11(10)13(16)12(15)14(17)18/h2-7,12-13,16H,1H3,(H,17,18). The molecule has 2 atom stereocenters. The van der Waals surface area contributed by atoms with Gasteiger partial charge in [-0.15, -0.1) is 0 Å². The Morgan fingerprint density at radius 2 is 1.95 bits per heavy atom. The predicted molar refractivity (Wildman–Crippen MR) is 68.0 cm³/mol. The predicted octanol–water partition coefficient (Wildman–Crippen LogP) is 2.30. The number of fused-ring (bicyclic) bond motifs is 1. The number of benzene rings is 2. The molecule has 2 aromatic carbocycles. The maximum atomic E-state index is 13.5. The van der Waals surface area contributed by atoms with Crippen molar-refractivity contribution in [1.29, 1.82) is 0 Å². The van der Waals surface area contributed by atoms with Crippen molar-refractivity contribution in [1.82, 2.24) is 0 Å². The number of rotatable bonds is 4. The zero-order valence-electron chi connectivity index (χ0n) is 10.2. The number of aliphatic hydroxyl groups excluding tert-OH is 1. The monoisotopic (exact) mass is 264 g/mol. The lowest BCUT2D eigenvalue weighted by atomic mass is 9.96. The van der Waals surface area contributed by atoms with Crippen LogP contribution >= 0.6 is 0 Å². The summed E-state index contributed by atoms with van der Waals surface area (Å²) in [5.41, 5.74) is 0.149. The molecule has 0 fully saturated rings. The maximum absolute atomic E-state index is 13.5. The lowest BCUT2D eigenvalue weighted by Crippen LogP contribution is -2.23. The van der Waals surface area contributed by atoms with E-state index in [-0.39, 0.29) is 11.3 Å². The van der Waals surface area contributed by atoms with E-state index in [0.717, 1.165) is 5.39 Å². The number of aliphatic hydroxyl groups is 1. The van der Waals surface area contributed by atoms with Crippen LogP contribution in [0.3, 0.4) is 0 Å². The molecule has 0 amide bonds. The van der Waals surface area contributed by atoms with Crippen LogP contribution in [0.5, 0.6) is 5.75 Å². The van der Waals surface area contributed by atoms with Crippen molar-refractivity contribution in [2.24, 2.45) is 0 Å². The van der Waals surface area contributed by atoms with Gasteiger partial charge in [-0.2, -0.15) is 0 Å². The number of alkyl halides is 1. The zero-order chi connectivity index (χ0) is 14.0. The van der Waals surface area contributed by atoms with Crippen LogP contribution in [0.4, 0.5) is 4.39 Å². The number of halogens is 1. The van der Waals surface area contributed by atoms with Gasteiger partial charge in [0.05, 0.1) is 7.11 Å². The third-order valence-corrected chi connectivity index (χ3v) is 2.96. The van der Waals surface area contributed by atoms with Crippen molar-refractivity contribution in [3.8, 4) is 5.75 Å². The molecule has 0 radical (unpaired) electrons. The Morgan fingerprint density at radius 3 is 2.58 bits per heavy atom. The summed E-state index contributed by atoms with van der Waals surface area (Å²) < 4.78 is 18.6. The van der Waals surface area contributed by atoms with Gasteiger partial charge in [0.1, 0.15) is 11.9 Å². The Kier molecular flexibility index (Phi) is 3.66. The summed E-state index contributed by atoms with van der Waals surface area (Å²) in [6, 6.07) is 10.3. The molecule has 0 spiro atoms. The minimum atomic E-state index is -2.40. The van der Waals surface area contributed by atoms with Crippen LogP contribution in [0.25, 0.3) is 10.8 Å². The number of hydrogen-bond acceptors (Lipinski definition) is 3. The Balaban J connectivity index is 2.65. The molecular weight excluding hydrogens is 251 g/mol. The van der Waals surface area contributed by atoms with E-state index in [9.17, 15) is 14.3 Å². The van der Waals surface area contributed by atoms with E-state index in [0.29, 0.717) is 5.39 Å². The molecule has 5 heteroatoms. The van der Waals surface area contributed by atoms with Crippen molar-refractivity contribution < 1.29 is 24.1 Å². The Bertz CT molecular complexity index is 611. The highest BCUT2D eigenvalue weighted by Gasteiger charge is 2.30. The summed E-state index contributed by atoms with van der Waals surface area (Å²) in [5, 5.41) is 19.9. The van der Waals surface area contributed by atoms with Crippen LogP contribution in [-0.2, 0) is 4.79 Å². The molecule has 0 aliphatic carbocycles. The SMILES string of the molecule is COc1ccc2ccccc2c1C(O)C(F)C(=O)O. The van der Waals surface area contributed by atoms with E-state index in [1.165, 1.54) is 7.11 Å². The molecule has 0 saturated heterocycles. The summed E-state index contributed by atoms with van der Waals surface area (Å²) in [6.07, 6.45) is -4.18. The molecule has 0 aliphatic heterocycles. The molecule has 4 nitrogen and oxygen atoms in total. The lowest BCUT2D eigenvalue weighted by Gasteiger charge is -2.18. The third-order valence-electron chi connectivity index (χ3n) is 2.96. The molecule has 19 heavy (non-hydrogen) atoms. The summed E-state index contributed by atoms with van der Waals surface area (Å²) in [4.78, 5) is 10.7. The van der Waals surface area contributed by atoms with Gasteiger partial charge in [0, 0.05) is 5.56 Å². The van der Waals surface area contributed by atoms with Crippen LogP contribution in [0, 0.1) is 0 Å². The van der Waals surface area contributed by atoms with E-state index in [4.69, 9.17) is 9.84 Å². The molecule has 2 N–H and O–H groups in total. The lowest BCUT2D eigenvalue weighted by molar-refractivity contribution is -0.147. The third kappa shape index (κ3) is 2.37. The second kappa shape index (κ2) is 5.24. The Morgan fingerprint density at radius 1 is 1.26 bits per heavy atom. The Hall–Kier alpha value is -2.14. The van der Waals surface area contributed by atoms with Gasteiger partial charge >= 0.3 is 5.97 Å². The minimum Gasteiger partial charge on any atom is -0.496 e. The minimum absolute atomic E-state index is 0.149. The van der Waals surface area contributed by atoms with Gasteiger partial charge in [0.2, 0.25) is 6.17 Å². The van der Waals surface area contributed by atoms with E-state index >= 15 is 0 Å². The molecule has 0 aromatic heterocycles. The number of methoxy groups -OCH3 is 1. The smallest absolute Gasteiger partial charge is 0.341 e. The molecule has 2 rings (SSSR count). The first kappa shape index (κ1) is 13.3. The number of hydrogen-bond donors (Lipinski definition) is 2. The van der Waals surface area contributed by atoms with Gasteiger partial charge in [-0.05, 0) is 16.8 Å². The molecule has 0 bridgehead atoms. The van der Waals surface area contributed by atoms with E-state index in [1.807, 2.05) is 0 Å². The number of carboxylic acids is 1. The first-order valence-corrected chi connectivity index (χ1v) is 5.67. The fourth-order valence-corrected chi connectivity index (χ4v) is 2.04. The van der Waals surface area contributed by atoms with Crippen LogP contribution in [0.1, 0.15) is 11.7 Å². The van der Waals surface area contributed by atoms with Gasteiger partial charge in [0.15, 0.2) is 0 Å². The number of ether oxygens (including phenoxy) is 1. The van der Waals surface area contributed by atoms with Gasteiger partial charge < -0.3 is 14.9 Å². The van der Waals surface area contributed by atoms with E-state index < -0.39 is 18.2 Å². The fourth-order valence-electron chi connectivity index (χ4n) is 2.04. The van der Waals surface area contributed by atoms with Crippen LogP contribution in [0.15, 0.2) is 36.4 Å². The number of carboxylic acid groups (broad SMARTS) is 1. The van der Waals surface area contributed by atoms with E-state index in [2.05, 4.69) is 0 Å². The second-order valence-electron chi connectivity index (χ2n) is 4.09. The highest BCUT2D eigenvalue weighted by Crippen LogP contribution is 2.35. The molecule has 100 valence electrons. The average molecular weight is 264 g/mol. The molecule has 2 aromatic rings. The summed E-state index contributed by atoms with van der Waals surface area (Å²) in [7, 11) is 1.38. The highest BCUT2D eigenvalue weighted by molar-refractivity contribution is 5.89. The molecule has 0 heterocycles. The average Bonchev–Trinajstić information content (AvgIpc) is 2.44. The Labute approximate surface area is 109 Å². The molecule has 2 unspecified atom stereocenters. The van der Waals surface area contributed by atoms with Crippen molar-refractivity contribution in [3.05, 3.63) is 42.0 Å². The highest BCUT2D eigenvalue weighted by atomic mass is 19.1. The first-order chi connectivity index (χ1) is 9.06. The van der Waals surface area contributed by atoms with Gasteiger partial charge in [-0.1, -0.05) is 30.3 Å². The number of aliphatic carboxylic acids is 1. The van der Waals surface area contributed by atoms with Crippen molar-refractivity contribution in [3.63, 3.8) is 0 Å². The van der Waals surface area contributed by atoms with E-state index in [1.54, 1.807) is 36.4 Å². The fraction of sp³-hybridized carbons (Fsp3) is 0.214. The van der Waals surface area contributed by atoms with Crippen LogP contribution in [0.2, 0.25) is 0 Å². The second-order valence-corrected chi connectivity index (χ2v) is 4.09. The van der Waals surface area contributed by atoms with Crippen molar-refractivity contribution >= 4 is 16.7 Å². The van der Waals surface area contributed by atoms with Crippen LogP contribution in [-0.4, -0.2) is 29.5 Å². The number of carbonyl (C=O) groups is 1. The van der Waals surface area contributed by atoms with Gasteiger partial charge in [0.25, 0.3) is 0 Å². The summed E-state index contributed by atoms with van der Waals surface area (Å²) in [6.45, 7) is 0. The summed E-state index contributed by atoms with van der Waals surface area (Å²) >= 11 is 0. The normalized spacial score (nSPS) is 14.1. The maximum Gasteiger partial charge on any atom is 0.341 e. The van der Waals surface area contributed by atoms with Crippen LogP contribution < -0.4 is 4.74 Å². The van der Waals surface area contributed by atoms with Gasteiger partial charge in [-0.3, -0.25) is 0 Å². The molecule has 0 aliphatic rings. The topological polar surface area (TPSA) is 66.8 Å². The van der Waals surface area contributed by atoms with Gasteiger partial charge in [-0.25, -0.2) is 9.18 Å². The summed E-state index contributed by atoms with van der Waals surface area (Å²) in [5.74, 6) is -1.45. The zero-order valence-corrected chi connectivity index (χ0v) is 10.2.